The molecule has 2 atom stereocenters. The zero-order valence-electron chi connectivity index (χ0n) is 8.16. The second kappa shape index (κ2) is 2.66. The molecule has 1 aliphatic carbocycles. The van der Waals surface area contributed by atoms with E-state index in [1.807, 2.05) is 20.8 Å². The molecular weight excluding hydrogens is 168 g/mol. The zero-order chi connectivity index (χ0) is 9.64. The molecule has 1 saturated heterocycles. The Hall–Kier alpha value is -0.670. The van der Waals surface area contributed by atoms with E-state index in [4.69, 9.17) is 9.47 Å². The molecular formula is C10H14O3. The van der Waals surface area contributed by atoms with Crippen LogP contribution >= 0.6 is 0 Å². The van der Waals surface area contributed by atoms with Gasteiger partial charge in [-0.05, 0) is 31.9 Å². The fourth-order valence-corrected chi connectivity index (χ4v) is 1.89. The van der Waals surface area contributed by atoms with Gasteiger partial charge in [-0.1, -0.05) is 6.92 Å². The lowest BCUT2D eigenvalue weighted by atomic mass is 10.1. The quantitative estimate of drug-likeness (QED) is 0.615. The van der Waals surface area contributed by atoms with Gasteiger partial charge in [-0.3, -0.25) is 4.79 Å². The van der Waals surface area contributed by atoms with Gasteiger partial charge >= 0.3 is 0 Å². The Morgan fingerprint density at radius 2 is 2.00 bits per heavy atom. The third-order valence-corrected chi connectivity index (χ3v) is 2.48. The Kier molecular flexibility index (Phi) is 1.82. The van der Waals surface area contributed by atoms with E-state index < -0.39 is 5.79 Å². The molecule has 1 unspecified atom stereocenters. The fraction of sp³-hybridized carbons (Fsp3) is 0.700. The molecule has 0 saturated carbocycles. The second-order valence-electron chi connectivity index (χ2n) is 3.95. The molecule has 3 nitrogen and oxygen atoms in total. The smallest absolute Gasteiger partial charge is 0.187 e. The lowest BCUT2D eigenvalue weighted by Gasteiger charge is -2.17. The van der Waals surface area contributed by atoms with Crippen molar-refractivity contribution in [2.75, 3.05) is 0 Å². The van der Waals surface area contributed by atoms with Crippen molar-refractivity contribution >= 4 is 5.78 Å². The van der Waals surface area contributed by atoms with Crippen molar-refractivity contribution in [2.24, 2.45) is 0 Å². The van der Waals surface area contributed by atoms with Crippen LogP contribution in [0.3, 0.4) is 0 Å². The normalized spacial score (nSPS) is 36.2. The second-order valence-corrected chi connectivity index (χ2v) is 3.95. The van der Waals surface area contributed by atoms with Crippen molar-refractivity contribution in [3.8, 4) is 0 Å². The van der Waals surface area contributed by atoms with Crippen molar-refractivity contribution in [3.63, 3.8) is 0 Å². The van der Waals surface area contributed by atoms with Crippen LogP contribution in [0.25, 0.3) is 0 Å². The maximum absolute atomic E-state index is 11.4. The number of hydrogen-bond acceptors (Lipinski definition) is 3. The van der Waals surface area contributed by atoms with Crippen LogP contribution in [0.1, 0.15) is 27.2 Å². The minimum absolute atomic E-state index is 0.0485. The van der Waals surface area contributed by atoms with Crippen LogP contribution in [0.5, 0.6) is 0 Å². The Balaban J connectivity index is 2.24. The van der Waals surface area contributed by atoms with Gasteiger partial charge in [0.05, 0.1) is 0 Å². The molecule has 2 aliphatic rings. The van der Waals surface area contributed by atoms with Crippen LogP contribution in [0, 0.1) is 0 Å². The summed E-state index contributed by atoms with van der Waals surface area (Å²) in [5.74, 6) is -0.563. The van der Waals surface area contributed by atoms with E-state index in [-0.39, 0.29) is 18.0 Å². The number of carbonyl (C=O) groups is 1. The molecule has 1 aliphatic heterocycles. The average molecular weight is 182 g/mol. The Bertz CT molecular complexity index is 278. The minimum Gasteiger partial charge on any atom is -0.340 e. The van der Waals surface area contributed by atoms with Crippen molar-refractivity contribution in [2.45, 2.75) is 45.2 Å². The SMILES string of the molecule is CCC1=CC(=O)C2OC(C)(C)O[C@H]12. The summed E-state index contributed by atoms with van der Waals surface area (Å²) in [7, 11) is 0. The number of ether oxygens (including phenoxy) is 2. The molecule has 0 radical (unpaired) electrons. The molecule has 0 N–H and O–H groups in total. The van der Waals surface area contributed by atoms with Crippen LogP contribution < -0.4 is 0 Å². The first-order valence-corrected chi connectivity index (χ1v) is 4.63. The standard InChI is InChI=1S/C10H14O3/c1-4-6-5-7(11)9-8(6)12-10(2,3)13-9/h5,8-9H,4H2,1-3H3/t8-,9?/m1/s1. The van der Waals surface area contributed by atoms with Crippen molar-refractivity contribution < 1.29 is 14.3 Å². The summed E-state index contributed by atoms with van der Waals surface area (Å²) < 4.78 is 11.1. The van der Waals surface area contributed by atoms with Gasteiger partial charge in [-0.15, -0.1) is 0 Å². The van der Waals surface area contributed by atoms with Gasteiger partial charge in [-0.25, -0.2) is 0 Å². The summed E-state index contributed by atoms with van der Waals surface area (Å²) in [6, 6.07) is 0. The molecule has 1 fully saturated rings. The van der Waals surface area contributed by atoms with Crippen LogP contribution in [0.4, 0.5) is 0 Å². The molecule has 0 spiro atoms. The third kappa shape index (κ3) is 1.32. The molecule has 2 rings (SSSR count). The molecule has 0 bridgehead atoms. The summed E-state index contributed by atoms with van der Waals surface area (Å²) in [5.41, 5.74) is 1.06. The predicted molar refractivity (Wildman–Crippen MR) is 47.2 cm³/mol. The molecule has 3 heteroatoms. The summed E-state index contributed by atoms with van der Waals surface area (Å²) in [5, 5.41) is 0. The van der Waals surface area contributed by atoms with E-state index in [9.17, 15) is 4.79 Å². The molecule has 0 amide bonds. The summed E-state index contributed by atoms with van der Waals surface area (Å²) in [4.78, 5) is 11.4. The summed E-state index contributed by atoms with van der Waals surface area (Å²) in [6.45, 7) is 5.70. The zero-order valence-corrected chi connectivity index (χ0v) is 8.16. The van der Waals surface area contributed by atoms with E-state index in [1.54, 1.807) is 6.08 Å². The maximum Gasteiger partial charge on any atom is 0.187 e. The van der Waals surface area contributed by atoms with Gasteiger partial charge in [0, 0.05) is 0 Å². The maximum atomic E-state index is 11.4. The summed E-state index contributed by atoms with van der Waals surface area (Å²) >= 11 is 0. The van der Waals surface area contributed by atoms with E-state index in [0.29, 0.717) is 0 Å². The van der Waals surface area contributed by atoms with Gasteiger partial charge < -0.3 is 9.47 Å². The van der Waals surface area contributed by atoms with E-state index >= 15 is 0 Å². The van der Waals surface area contributed by atoms with Crippen molar-refractivity contribution in [1.82, 2.24) is 0 Å². The van der Waals surface area contributed by atoms with Gasteiger partial charge in [0.25, 0.3) is 0 Å². The molecule has 0 aromatic heterocycles. The van der Waals surface area contributed by atoms with Crippen LogP contribution in [0.15, 0.2) is 11.6 Å². The third-order valence-electron chi connectivity index (χ3n) is 2.48. The average Bonchev–Trinajstić information content (AvgIpc) is 2.47. The lowest BCUT2D eigenvalue weighted by Crippen LogP contribution is -2.25. The first kappa shape index (κ1) is 8.91. The first-order chi connectivity index (χ1) is 6.03. The highest BCUT2D eigenvalue weighted by atomic mass is 16.8. The van der Waals surface area contributed by atoms with Gasteiger partial charge in [0.2, 0.25) is 0 Å². The van der Waals surface area contributed by atoms with Gasteiger partial charge in [0.1, 0.15) is 6.10 Å². The minimum atomic E-state index is -0.611. The van der Waals surface area contributed by atoms with Gasteiger partial charge in [0.15, 0.2) is 17.7 Å². The molecule has 0 aromatic rings. The number of ketones is 1. The van der Waals surface area contributed by atoms with E-state index in [2.05, 4.69) is 0 Å². The molecule has 0 aromatic carbocycles. The Labute approximate surface area is 77.7 Å². The van der Waals surface area contributed by atoms with Crippen molar-refractivity contribution in [1.29, 1.82) is 0 Å². The Morgan fingerprint density at radius 1 is 1.38 bits per heavy atom. The number of carbonyl (C=O) groups excluding carboxylic acids is 1. The van der Waals surface area contributed by atoms with Gasteiger partial charge in [-0.2, -0.15) is 0 Å². The van der Waals surface area contributed by atoms with E-state index in [0.717, 1.165) is 12.0 Å². The summed E-state index contributed by atoms with van der Waals surface area (Å²) in [6.07, 6.45) is 1.99. The highest BCUT2D eigenvalue weighted by molar-refractivity contribution is 5.98. The molecule has 13 heavy (non-hydrogen) atoms. The number of rotatable bonds is 1. The monoisotopic (exact) mass is 182 g/mol. The highest BCUT2D eigenvalue weighted by Crippen LogP contribution is 2.37. The Morgan fingerprint density at radius 3 is 2.62 bits per heavy atom. The number of fused-ring (bicyclic) bond motifs is 1. The van der Waals surface area contributed by atoms with Crippen LogP contribution in [-0.2, 0) is 14.3 Å². The lowest BCUT2D eigenvalue weighted by molar-refractivity contribution is -0.153. The first-order valence-electron chi connectivity index (χ1n) is 4.63. The largest absolute Gasteiger partial charge is 0.340 e. The van der Waals surface area contributed by atoms with Crippen LogP contribution in [-0.4, -0.2) is 23.8 Å². The number of hydrogen-bond donors (Lipinski definition) is 0. The topological polar surface area (TPSA) is 35.5 Å². The molecule has 1 heterocycles. The van der Waals surface area contributed by atoms with Crippen LogP contribution in [0.2, 0.25) is 0 Å². The molecule has 72 valence electrons. The van der Waals surface area contributed by atoms with E-state index in [1.165, 1.54) is 0 Å². The predicted octanol–water partition coefficient (Wildman–Crippen LogP) is 1.43. The fourth-order valence-electron chi connectivity index (χ4n) is 1.89. The highest BCUT2D eigenvalue weighted by Gasteiger charge is 2.48. The van der Waals surface area contributed by atoms with Crippen molar-refractivity contribution in [3.05, 3.63) is 11.6 Å².